The van der Waals surface area contributed by atoms with E-state index in [2.05, 4.69) is 50.9 Å². The second kappa shape index (κ2) is 12.1. The van der Waals surface area contributed by atoms with E-state index in [0.717, 1.165) is 56.5 Å². The van der Waals surface area contributed by atoms with Gasteiger partial charge in [0.2, 0.25) is 0 Å². The highest BCUT2D eigenvalue weighted by atomic mass is 32.2. The van der Waals surface area contributed by atoms with Gasteiger partial charge in [-0.2, -0.15) is 0 Å². The lowest BCUT2D eigenvalue weighted by molar-refractivity contribution is -0.219. The molecule has 0 radical (unpaired) electrons. The molecule has 6 fully saturated rings. The number of rotatable bonds is 7. The predicted octanol–water partition coefficient (Wildman–Crippen LogP) is 7.73. The van der Waals surface area contributed by atoms with Crippen LogP contribution in [0, 0.1) is 57.2 Å². The van der Waals surface area contributed by atoms with Crippen LogP contribution in [0.15, 0.2) is 11.6 Å². The van der Waals surface area contributed by atoms with Gasteiger partial charge < -0.3 is 15.3 Å². The first-order chi connectivity index (χ1) is 22.1. The second-order valence-electron chi connectivity index (χ2n) is 19.2. The Morgan fingerprint density at radius 3 is 2.38 bits per heavy atom. The van der Waals surface area contributed by atoms with Crippen molar-refractivity contribution in [3.8, 4) is 0 Å². The third kappa shape index (κ3) is 5.61. The molecule has 5 saturated carbocycles. The molecule has 47 heavy (non-hydrogen) atoms. The first-order valence-electron chi connectivity index (χ1n) is 19.7. The summed E-state index contributed by atoms with van der Waals surface area (Å²) in [5.74, 6) is 3.47. The summed E-state index contributed by atoms with van der Waals surface area (Å²) in [4.78, 5) is 14.2. The highest BCUT2D eigenvalue weighted by Crippen LogP contribution is 2.76. The first-order valence-corrected chi connectivity index (χ1v) is 21.6. The molecule has 0 aromatic rings. The largest absolute Gasteiger partial charge is 0.481 e. The van der Waals surface area contributed by atoms with Crippen LogP contribution in [0.3, 0.4) is 0 Å². The summed E-state index contributed by atoms with van der Waals surface area (Å²) in [5.41, 5.74) is 3.18. The van der Waals surface area contributed by atoms with E-state index in [1.165, 1.54) is 70.6 Å². The molecule has 0 spiro atoms. The quantitative estimate of drug-likeness (QED) is 0.270. The second-order valence-corrected chi connectivity index (χ2v) is 21.5. The van der Waals surface area contributed by atoms with Crippen molar-refractivity contribution in [2.24, 2.45) is 57.2 Å². The van der Waals surface area contributed by atoms with Crippen LogP contribution in [0.4, 0.5) is 0 Å². The lowest BCUT2D eigenvalue weighted by atomic mass is 9.33. The van der Waals surface area contributed by atoms with Gasteiger partial charge in [-0.1, -0.05) is 65.5 Å². The van der Waals surface area contributed by atoms with Gasteiger partial charge in [-0.25, -0.2) is 8.42 Å². The van der Waals surface area contributed by atoms with Crippen LogP contribution in [-0.4, -0.2) is 67.6 Å². The maximum absolute atomic E-state index is 11.9. The van der Waals surface area contributed by atoms with Crippen molar-refractivity contribution < 1.29 is 18.3 Å². The molecule has 6 aliphatic carbocycles. The van der Waals surface area contributed by atoms with Crippen molar-refractivity contribution in [1.82, 2.24) is 10.2 Å². The Morgan fingerprint density at radius 2 is 1.64 bits per heavy atom. The van der Waals surface area contributed by atoms with Crippen molar-refractivity contribution in [1.29, 1.82) is 0 Å². The van der Waals surface area contributed by atoms with Crippen molar-refractivity contribution in [3.63, 3.8) is 0 Å². The molecule has 7 heteroatoms. The summed E-state index contributed by atoms with van der Waals surface area (Å²) in [5, 5.41) is 13.9. The van der Waals surface area contributed by atoms with Gasteiger partial charge in [0.1, 0.15) is 0 Å². The molecular weight excluding hydrogens is 605 g/mol. The maximum Gasteiger partial charge on any atom is 0.306 e. The van der Waals surface area contributed by atoms with E-state index in [9.17, 15) is 18.3 Å². The van der Waals surface area contributed by atoms with E-state index in [1.54, 1.807) is 5.57 Å². The average molecular weight is 671 g/mol. The molecule has 1 saturated heterocycles. The van der Waals surface area contributed by atoms with E-state index in [0.29, 0.717) is 52.7 Å². The molecule has 0 aromatic heterocycles. The van der Waals surface area contributed by atoms with Crippen LogP contribution >= 0.6 is 0 Å². The summed E-state index contributed by atoms with van der Waals surface area (Å²) in [6.45, 7) is 16.6. The first kappa shape index (κ1) is 34.5. The Balaban J connectivity index is 1.06. The molecule has 6 nitrogen and oxygen atoms in total. The average Bonchev–Trinajstić information content (AvgIpc) is 3.44. The lowest BCUT2D eigenvalue weighted by Gasteiger charge is -2.72. The minimum Gasteiger partial charge on any atom is -0.481 e. The van der Waals surface area contributed by atoms with Crippen LogP contribution in [0.5, 0.6) is 0 Å². The predicted molar refractivity (Wildman–Crippen MR) is 190 cm³/mol. The van der Waals surface area contributed by atoms with Crippen LogP contribution in [0.25, 0.3) is 0 Å². The number of carboxylic acids is 1. The van der Waals surface area contributed by atoms with Crippen LogP contribution in [0.1, 0.15) is 131 Å². The highest BCUT2D eigenvalue weighted by molar-refractivity contribution is 7.91. The monoisotopic (exact) mass is 670 g/mol. The van der Waals surface area contributed by atoms with Gasteiger partial charge in [0, 0.05) is 31.7 Å². The Labute approximate surface area is 286 Å². The summed E-state index contributed by atoms with van der Waals surface area (Å²) < 4.78 is 23.9. The number of sulfone groups is 1. The molecule has 1 aliphatic heterocycles. The highest BCUT2D eigenvalue weighted by Gasteiger charge is 2.69. The van der Waals surface area contributed by atoms with Crippen molar-refractivity contribution in [2.45, 2.75) is 136 Å². The number of aliphatic carboxylic acids is 1. The Morgan fingerprint density at radius 1 is 0.872 bits per heavy atom. The third-order valence-electron chi connectivity index (χ3n) is 17.1. The molecule has 0 bridgehead atoms. The summed E-state index contributed by atoms with van der Waals surface area (Å²) in [6.07, 6.45) is 21.1. The number of carbonyl (C=O) groups is 1. The van der Waals surface area contributed by atoms with Crippen LogP contribution in [-0.2, 0) is 14.6 Å². The number of nitrogens with one attached hydrogen (secondary N) is 1. The summed E-state index contributed by atoms with van der Waals surface area (Å²) in [6, 6.07) is 0. The molecule has 8 unspecified atom stereocenters. The fraction of sp³-hybridized carbons (Fsp3) is 0.925. The van der Waals surface area contributed by atoms with Gasteiger partial charge in [0.15, 0.2) is 9.84 Å². The van der Waals surface area contributed by atoms with Gasteiger partial charge in [-0.15, -0.1) is 0 Å². The minimum atomic E-state index is -2.83. The van der Waals surface area contributed by atoms with E-state index in [-0.39, 0.29) is 16.9 Å². The Bertz CT molecular complexity index is 1350. The normalized spacial score (nSPS) is 47.6. The Hall–Kier alpha value is -0.920. The fourth-order valence-electron chi connectivity index (χ4n) is 14.3. The Kier molecular flexibility index (Phi) is 8.89. The smallest absolute Gasteiger partial charge is 0.306 e. The molecule has 0 amide bonds. The number of hydrogen-bond acceptors (Lipinski definition) is 5. The topological polar surface area (TPSA) is 86.7 Å². The molecule has 1 heterocycles. The van der Waals surface area contributed by atoms with Gasteiger partial charge >= 0.3 is 5.97 Å². The van der Waals surface area contributed by atoms with Gasteiger partial charge in [-0.3, -0.25) is 4.79 Å². The van der Waals surface area contributed by atoms with Crippen LogP contribution in [0.2, 0.25) is 0 Å². The SMILES string of the molecule is CC1(C)C(CC2CCCC(C(=O)O)C2)=CCC2(C)C1CCC1(C)C2CCC2[C@H]3CCCC3(NCCN3CCS(=O)(=O)CC3)CC[C@]21C. The maximum atomic E-state index is 11.9. The number of carboxylic acid groups (broad SMARTS) is 1. The molecular formula is C40H66N2O4S. The zero-order chi connectivity index (χ0) is 33.5. The van der Waals surface area contributed by atoms with Gasteiger partial charge in [0.25, 0.3) is 0 Å². The molecule has 10 atom stereocenters. The van der Waals surface area contributed by atoms with Gasteiger partial charge in [-0.05, 0) is 128 Å². The molecule has 7 rings (SSSR count). The number of fused-ring (bicyclic) bond motifs is 7. The van der Waals surface area contributed by atoms with Crippen molar-refractivity contribution >= 4 is 15.8 Å². The number of hydrogen-bond donors (Lipinski definition) is 2. The van der Waals surface area contributed by atoms with Crippen LogP contribution < -0.4 is 5.32 Å². The zero-order valence-corrected chi connectivity index (χ0v) is 31.2. The fourth-order valence-corrected chi connectivity index (χ4v) is 15.6. The van der Waals surface area contributed by atoms with E-state index < -0.39 is 15.8 Å². The molecule has 266 valence electrons. The lowest BCUT2D eigenvalue weighted by Crippen LogP contribution is -2.67. The van der Waals surface area contributed by atoms with E-state index in [4.69, 9.17) is 0 Å². The third-order valence-corrected chi connectivity index (χ3v) is 18.7. The summed E-state index contributed by atoms with van der Waals surface area (Å²) >= 11 is 0. The molecule has 7 aliphatic rings. The summed E-state index contributed by atoms with van der Waals surface area (Å²) in [7, 11) is -2.83. The standard InChI is InChI=1S/C40H66N2O4S/c1-36(2)30(27-28-8-6-9-29(26-28)35(43)44)13-16-37(3)33(36)14-17-39(5)34(37)12-11-31-32-10-7-15-40(32,19-18-38(31,39)4)41-20-21-42-22-24-47(45,46)25-23-42/h13,28-29,31-34,41H,6-12,14-27H2,1-5H3,(H,43,44)/t28?,29?,31?,32-,33?,34?,37?,38-,39?,40?/m1/s1. The van der Waals surface area contributed by atoms with E-state index in [1.807, 2.05) is 0 Å². The van der Waals surface area contributed by atoms with Crippen molar-refractivity contribution in [3.05, 3.63) is 11.6 Å². The number of allylic oxidation sites excluding steroid dienone is 2. The minimum absolute atomic E-state index is 0.141. The molecule has 2 N–H and O–H groups in total. The zero-order valence-electron chi connectivity index (χ0n) is 30.4. The van der Waals surface area contributed by atoms with E-state index >= 15 is 0 Å². The molecule has 0 aromatic carbocycles. The van der Waals surface area contributed by atoms with Gasteiger partial charge in [0.05, 0.1) is 17.4 Å². The number of nitrogens with zero attached hydrogens (tertiary/aromatic N) is 1. The van der Waals surface area contributed by atoms with Crippen molar-refractivity contribution in [2.75, 3.05) is 37.7 Å².